The van der Waals surface area contributed by atoms with Gasteiger partial charge in [-0.1, -0.05) is 18.2 Å². The van der Waals surface area contributed by atoms with Crippen LogP contribution in [0.15, 0.2) is 42.7 Å². The fourth-order valence-corrected chi connectivity index (χ4v) is 1.32. The molecule has 1 aromatic carbocycles. The zero-order valence-electron chi connectivity index (χ0n) is 7.90. The molecule has 0 unspecified atom stereocenters. The molecule has 0 amide bonds. The molecule has 0 spiro atoms. The van der Waals surface area contributed by atoms with Crippen LogP contribution in [0.5, 0.6) is 0 Å². The largest absolute Gasteiger partial charge is 0.385 e. The minimum absolute atomic E-state index is 0.900. The molecule has 14 heavy (non-hydrogen) atoms. The summed E-state index contributed by atoms with van der Waals surface area (Å²) in [7, 11) is 0. The van der Waals surface area contributed by atoms with Crippen molar-refractivity contribution in [1.82, 2.24) is 9.97 Å². The fourth-order valence-electron chi connectivity index (χ4n) is 1.32. The van der Waals surface area contributed by atoms with Crippen molar-refractivity contribution in [2.24, 2.45) is 0 Å². The van der Waals surface area contributed by atoms with Gasteiger partial charge in [-0.15, -0.1) is 0 Å². The van der Waals surface area contributed by atoms with Crippen LogP contribution >= 0.6 is 0 Å². The maximum atomic E-state index is 4.15. The predicted octanol–water partition coefficient (Wildman–Crippen LogP) is 2.06. The first kappa shape index (κ1) is 8.81. The Labute approximate surface area is 83.2 Å². The summed E-state index contributed by atoms with van der Waals surface area (Å²) >= 11 is 0. The molecule has 0 bridgehead atoms. The smallest absolute Gasteiger partial charge is 0.107 e. The number of anilines is 1. The first-order valence-electron chi connectivity index (χ1n) is 4.72. The zero-order chi connectivity index (χ0) is 9.64. The molecule has 0 aliphatic carbocycles. The van der Waals surface area contributed by atoms with Gasteiger partial charge in [-0.3, -0.25) is 0 Å². The third-order valence-corrected chi connectivity index (χ3v) is 2.02. The molecular weight excluding hydrogens is 174 g/mol. The average molecular weight is 187 g/mol. The highest BCUT2D eigenvalue weighted by Crippen LogP contribution is 2.04. The summed E-state index contributed by atoms with van der Waals surface area (Å²) in [5.41, 5.74) is 1.15. The van der Waals surface area contributed by atoms with Gasteiger partial charge >= 0.3 is 0 Å². The van der Waals surface area contributed by atoms with Gasteiger partial charge in [0.1, 0.15) is 5.82 Å². The number of imidazole rings is 1. The molecule has 0 fully saturated rings. The maximum absolute atomic E-state index is 4.15. The van der Waals surface area contributed by atoms with Crippen LogP contribution < -0.4 is 5.32 Å². The number of nitrogens with one attached hydrogen (secondary N) is 2. The zero-order valence-corrected chi connectivity index (χ0v) is 7.90. The van der Waals surface area contributed by atoms with Crippen LogP contribution in [0.4, 0.5) is 5.69 Å². The lowest BCUT2D eigenvalue weighted by molar-refractivity contribution is 0.927. The molecule has 3 nitrogen and oxygen atoms in total. The van der Waals surface area contributed by atoms with E-state index in [4.69, 9.17) is 0 Å². The number of benzene rings is 1. The molecule has 2 aromatic rings. The van der Waals surface area contributed by atoms with E-state index < -0.39 is 0 Å². The molecule has 0 radical (unpaired) electrons. The summed E-state index contributed by atoms with van der Waals surface area (Å²) in [6, 6.07) is 10.2. The van der Waals surface area contributed by atoms with Crippen molar-refractivity contribution in [3.8, 4) is 0 Å². The summed E-state index contributed by atoms with van der Waals surface area (Å²) in [6.45, 7) is 0.900. The third-order valence-electron chi connectivity index (χ3n) is 2.02. The van der Waals surface area contributed by atoms with Gasteiger partial charge < -0.3 is 10.3 Å². The molecule has 2 N–H and O–H groups in total. The number of rotatable bonds is 4. The van der Waals surface area contributed by atoms with E-state index in [1.54, 1.807) is 6.20 Å². The van der Waals surface area contributed by atoms with Gasteiger partial charge in [0.2, 0.25) is 0 Å². The molecule has 0 saturated heterocycles. The van der Waals surface area contributed by atoms with Gasteiger partial charge in [0.05, 0.1) is 0 Å². The highest BCUT2D eigenvalue weighted by molar-refractivity contribution is 5.42. The Hall–Kier alpha value is -1.77. The predicted molar refractivity (Wildman–Crippen MR) is 57.2 cm³/mol. The van der Waals surface area contributed by atoms with E-state index in [0.717, 1.165) is 24.5 Å². The van der Waals surface area contributed by atoms with Crippen LogP contribution in [0.2, 0.25) is 0 Å². The minimum atomic E-state index is 0.900. The van der Waals surface area contributed by atoms with Crippen molar-refractivity contribution in [1.29, 1.82) is 0 Å². The Morgan fingerprint density at radius 1 is 1.21 bits per heavy atom. The van der Waals surface area contributed by atoms with Crippen molar-refractivity contribution >= 4 is 5.69 Å². The van der Waals surface area contributed by atoms with Gasteiger partial charge in [-0.05, 0) is 12.1 Å². The van der Waals surface area contributed by atoms with Crippen LogP contribution in [-0.4, -0.2) is 16.5 Å². The Kier molecular flexibility index (Phi) is 2.81. The summed E-state index contributed by atoms with van der Waals surface area (Å²) in [5.74, 6) is 1.02. The van der Waals surface area contributed by atoms with E-state index in [0.29, 0.717) is 0 Å². The van der Waals surface area contributed by atoms with Gasteiger partial charge in [0, 0.05) is 31.0 Å². The molecule has 1 heterocycles. The van der Waals surface area contributed by atoms with Gasteiger partial charge in [-0.2, -0.15) is 0 Å². The van der Waals surface area contributed by atoms with E-state index in [-0.39, 0.29) is 0 Å². The lowest BCUT2D eigenvalue weighted by atomic mass is 10.3. The van der Waals surface area contributed by atoms with Crippen LogP contribution in [0.25, 0.3) is 0 Å². The van der Waals surface area contributed by atoms with Crippen molar-refractivity contribution < 1.29 is 0 Å². The van der Waals surface area contributed by atoms with Crippen molar-refractivity contribution in [2.45, 2.75) is 6.42 Å². The summed E-state index contributed by atoms with van der Waals surface area (Å²) in [5, 5.41) is 3.32. The van der Waals surface area contributed by atoms with Gasteiger partial charge in [0.15, 0.2) is 0 Å². The van der Waals surface area contributed by atoms with Crippen LogP contribution in [-0.2, 0) is 6.42 Å². The molecule has 3 heteroatoms. The third kappa shape index (κ3) is 2.36. The maximum Gasteiger partial charge on any atom is 0.107 e. The Bertz CT molecular complexity index is 353. The molecule has 0 saturated carbocycles. The quantitative estimate of drug-likeness (QED) is 0.769. The number of hydrogen-bond donors (Lipinski definition) is 2. The summed E-state index contributed by atoms with van der Waals surface area (Å²) in [6.07, 6.45) is 4.54. The number of H-pyrrole nitrogens is 1. The second kappa shape index (κ2) is 4.46. The normalized spacial score (nSPS) is 10.0. The topological polar surface area (TPSA) is 40.7 Å². The molecule has 72 valence electrons. The van der Waals surface area contributed by atoms with E-state index >= 15 is 0 Å². The minimum Gasteiger partial charge on any atom is -0.385 e. The molecule has 0 atom stereocenters. The Morgan fingerprint density at radius 3 is 2.79 bits per heavy atom. The van der Waals surface area contributed by atoms with Crippen LogP contribution in [0.1, 0.15) is 5.82 Å². The summed E-state index contributed by atoms with van der Waals surface area (Å²) < 4.78 is 0. The van der Waals surface area contributed by atoms with E-state index in [1.165, 1.54) is 0 Å². The molecule has 0 aliphatic rings. The van der Waals surface area contributed by atoms with Gasteiger partial charge in [0.25, 0.3) is 0 Å². The number of aromatic nitrogens is 2. The van der Waals surface area contributed by atoms with Gasteiger partial charge in [-0.25, -0.2) is 4.98 Å². The average Bonchev–Trinajstić information content (AvgIpc) is 2.72. The number of aromatic amines is 1. The molecule has 0 aliphatic heterocycles. The summed E-state index contributed by atoms with van der Waals surface area (Å²) in [4.78, 5) is 7.22. The fraction of sp³-hybridized carbons (Fsp3) is 0.182. The Balaban J connectivity index is 1.79. The second-order valence-corrected chi connectivity index (χ2v) is 3.08. The van der Waals surface area contributed by atoms with Crippen molar-refractivity contribution in [3.63, 3.8) is 0 Å². The molecule has 1 aromatic heterocycles. The highest BCUT2D eigenvalue weighted by atomic mass is 14.9. The first-order valence-corrected chi connectivity index (χ1v) is 4.72. The lowest BCUT2D eigenvalue weighted by Gasteiger charge is -2.03. The second-order valence-electron chi connectivity index (χ2n) is 3.08. The first-order chi connectivity index (χ1) is 6.95. The Morgan fingerprint density at radius 2 is 2.07 bits per heavy atom. The van der Waals surface area contributed by atoms with Crippen molar-refractivity contribution in [3.05, 3.63) is 48.5 Å². The number of nitrogens with zero attached hydrogens (tertiary/aromatic N) is 1. The van der Waals surface area contributed by atoms with Crippen LogP contribution in [0.3, 0.4) is 0 Å². The lowest BCUT2D eigenvalue weighted by Crippen LogP contribution is -2.05. The van der Waals surface area contributed by atoms with E-state index in [1.807, 2.05) is 24.4 Å². The molecular formula is C11H13N3. The van der Waals surface area contributed by atoms with E-state index in [2.05, 4.69) is 27.4 Å². The SMILES string of the molecule is c1ccc(NCCc2ncc[nH]2)cc1. The van der Waals surface area contributed by atoms with E-state index in [9.17, 15) is 0 Å². The highest BCUT2D eigenvalue weighted by Gasteiger charge is 1.93. The number of para-hydroxylation sites is 1. The van der Waals surface area contributed by atoms with Crippen LogP contribution in [0, 0.1) is 0 Å². The molecule has 2 rings (SSSR count). The van der Waals surface area contributed by atoms with Crippen molar-refractivity contribution in [2.75, 3.05) is 11.9 Å². The number of hydrogen-bond acceptors (Lipinski definition) is 2. The standard InChI is InChI=1S/C11H13N3/c1-2-4-10(5-3-1)12-7-6-11-13-8-9-14-11/h1-5,8-9,12H,6-7H2,(H,13,14). The monoisotopic (exact) mass is 187 g/mol.